The highest BCUT2D eigenvalue weighted by Crippen LogP contribution is 2.46. The van der Waals surface area contributed by atoms with Crippen molar-refractivity contribution >= 4 is 6.29 Å². The number of carbonyl (C=O) groups is 1. The lowest BCUT2D eigenvalue weighted by atomic mass is 9.75. The van der Waals surface area contributed by atoms with Crippen LogP contribution in [0, 0.1) is 5.92 Å². The maximum absolute atomic E-state index is 10.9. The van der Waals surface area contributed by atoms with Crippen LogP contribution in [0.4, 0.5) is 0 Å². The van der Waals surface area contributed by atoms with Gasteiger partial charge in [-0.1, -0.05) is 26.0 Å². The van der Waals surface area contributed by atoms with Crippen LogP contribution in [0.2, 0.25) is 0 Å². The van der Waals surface area contributed by atoms with Gasteiger partial charge in [0.2, 0.25) is 0 Å². The minimum atomic E-state index is 0.125. The zero-order valence-electron chi connectivity index (χ0n) is 10.5. The van der Waals surface area contributed by atoms with E-state index in [0.717, 1.165) is 24.3 Å². The molecule has 1 aromatic carbocycles. The van der Waals surface area contributed by atoms with Crippen LogP contribution < -0.4 is 5.32 Å². The summed E-state index contributed by atoms with van der Waals surface area (Å²) in [6, 6.07) is 6.69. The third-order valence-electron chi connectivity index (χ3n) is 4.13. The van der Waals surface area contributed by atoms with Crippen LogP contribution in [0.5, 0.6) is 0 Å². The van der Waals surface area contributed by atoms with E-state index >= 15 is 0 Å². The first-order valence-corrected chi connectivity index (χ1v) is 6.45. The molecule has 3 rings (SSSR count). The molecular formula is C15H19NO. The Morgan fingerprint density at radius 3 is 2.76 bits per heavy atom. The van der Waals surface area contributed by atoms with Gasteiger partial charge in [0.05, 0.1) is 0 Å². The van der Waals surface area contributed by atoms with Crippen molar-refractivity contribution in [1.29, 1.82) is 0 Å². The second kappa shape index (κ2) is 3.67. The van der Waals surface area contributed by atoms with Gasteiger partial charge in [-0.15, -0.1) is 0 Å². The van der Waals surface area contributed by atoms with E-state index in [1.54, 1.807) is 0 Å². The quantitative estimate of drug-likeness (QED) is 0.790. The van der Waals surface area contributed by atoms with Gasteiger partial charge in [-0.3, -0.25) is 4.79 Å². The molecule has 0 bridgehead atoms. The van der Waals surface area contributed by atoms with Crippen molar-refractivity contribution < 1.29 is 4.79 Å². The Labute approximate surface area is 102 Å². The predicted molar refractivity (Wildman–Crippen MR) is 68.3 cm³/mol. The standard InChI is InChI=1S/C15H19NO/c1-15(2)9-16-14(11-4-5-11)12-6-3-10(8-17)7-13(12)15/h3,6-8,11,14,16H,4-5,9H2,1-2H3. The molecule has 1 heterocycles. The number of hydrogen-bond acceptors (Lipinski definition) is 2. The van der Waals surface area contributed by atoms with Crippen molar-refractivity contribution in [3.63, 3.8) is 0 Å². The third-order valence-corrected chi connectivity index (χ3v) is 4.13. The largest absolute Gasteiger partial charge is 0.309 e. The lowest BCUT2D eigenvalue weighted by Gasteiger charge is -2.38. The molecule has 1 aromatic rings. The molecule has 90 valence electrons. The summed E-state index contributed by atoms with van der Waals surface area (Å²) in [5.74, 6) is 0.812. The highest BCUT2D eigenvalue weighted by molar-refractivity contribution is 5.75. The molecule has 0 aromatic heterocycles. The van der Waals surface area contributed by atoms with Crippen molar-refractivity contribution in [2.45, 2.75) is 38.1 Å². The molecule has 0 amide bonds. The zero-order chi connectivity index (χ0) is 12.0. The van der Waals surface area contributed by atoms with Crippen LogP contribution in [-0.4, -0.2) is 12.8 Å². The number of benzene rings is 1. The van der Waals surface area contributed by atoms with Crippen molar-refractivity contribution in [1.82, 2.24) is 5.32 Å². The van der Waals surface area contributed by atoms with Gasteiger partial charge < -0.3 is 5.32 Å². The fourth-order valence-electron chi connectivity index (χ4n) is 2.92. The van der Waals surface area contributed by atoms with Crippen LogP contribution in [0.1, 0.15) is 54.2 Å². The summed E-state index contributed by atoms with van der Waals surface area (Å²) in [6.07, 6.45) is 3.63. The Balaban J connectivity index is 2.09. The molecule has 1 atom stereocenters. The van der Waals surface area contributed by atoms with E-state index in [2.05, 4.69) is 31.3 Å². The molecule has 17 heavy (non-hydrogen) atoms. The summed E-state index contributed by atoms with van der Waals surface area (Å²) in [4.78, 5) is 10.9. The molecule has 2 nitrogen and oxygen atoms in total. The second-order valence-corrected chi connectivity index (χ2v) is 6.04. The average Bonchev–Trinajstić information content (AvgIpc) is 3.13. The molecule has 1 fully saturated rings. The van der Waals surface area contributed by atoms with Gasteiger partial charge in [-0.2, -0.15) is 0 Å². The third kappa shape index (κ3) is 1.81. The average molecular weight is 229 g/mol. The summed E-state index contributed by atoms with van der Waals surface area (Å²) in [6.45, 7) is 5.50. The Morgan fingerprint density at radius 2 is 2.12 bits per heavy atom. The summed E-state index contributed by atoms with van der Waals surface area (Å²) < 4.78 is 0. The number of fused-ring (bicyclic) bond motifs is 1. The first-order valence-electron chi connectivity index (χ1n) is 6.45. The first-order chi connectivity index (χ1) is 8.12. The molecule has 2 aliphatic rings. The summed E-state index contributed by atoms with van der Waals surface area (Å²) in [5, 5.41) is 3.68. The van der Waals surface area contributed by atoms with E-state index in [9.17, 15) is 4.79 Å². The van der Waals surface area contributed by atoms with E-state index in [4.69, 9.17) is 0 Å². The molecule has 0 spiro atoms. The Hall–Kier alpha value is -1.15. The topological polar surface area (TPSA) is 29.1 Å². The highest BCUT2D eigenvalue weighted by atomic mass is 16.1. The van der Waals surface area contributed by atoms with Crippen molar-refractivity contribution in [3.05, 3.63) is 34.9 Å². The molecule has 2 heteroatoms. The Kier molecular flexibility index (Phi) is 2.37. The number of nitrogens with one attached hydrogen (secondary N) is 1. The van der Waals surface area contributed by atoms with E-state index < -0.39 is 0 Å². The Bertz CT molecular complexity index is 460. The molecule has 0 saturated heterocycles. The van der Waals surface area contributed by atoms with Crippen LogP contribution in [0.25, 0.3) is 0 Å². The molecule has 1 N–H and O–H groups in total. The smallest absolute Gasteiger partial charge is 0.150 e. The minimum absolute atomic E-state index is 0.125. The van der Waals surface area contributed by atoms with Gasteiger partial charge in [0.25, 0.3) is 0 Å². The molecule has 0 radical (unpaired) electrons. The number of aldehydes is 1. The van der Waals surface area contributed by atoms with E-state index in [1.165, 1.54) is 24.0 Å². The van der Waals surface area contributed by atoms with Crippen LogP contribution >= 0.6 is 0 Å². The molecular weight excluding hydrogens is 210 g/mol. The SMILES string of the molecule is CC1(C)CNC(C2CC2)c2ccc(C=O)cc21. The zero-order valence-corrected chi connectivity index (χ0v) is 10.5. The van der Waals surface area contributed by atoms with Gasteiger partial charge in [-0.05, 0) is 36.0 Å². The van der Waals surface area contributed by atoms with E-state index in [0.29, 0.717) is 6.04 Å². The highest BCUT2D eigenvalue weighted by Gasteiger charge is 2.39. The second-order valence-electron chi connectivity index (χ2n) is 6.04. The van der Waals surface area contributed by atoms with Crippen molar-refractivity contribution in [2.75, 3.05) is 6.54 Å². The van der Waals surface area contributed by atoms with Crippen LogP contribution in [-0.2, 0) is 5.41 Å². The predicted octanol–water partition coefficient (Wildman–Crippen LogP) is 2.83. The van der Waals surface area contributed by atoms with Gasteiger partial charge in [0.1, 0.15) is 6.29 Å². The van der Waals surface area contributed by atoms with Gasteiger partial charge in [0.15, 0.2) is 0 Å². The Morgan fingerprint density at radius 1 is 1.35 bits per heavy atom. The summed E-state index contributed by atoms with van der Waals surface area (Å²) >= 11 is 0. The maximum Gasteiger partial charge on any atom is 0.150 e. The first kappa shape index (κ1) is 11.0. The van der Waals surface area contributed by atoms with Gasteiger partial charge in [-0.25, -0.2) is 0 Å². The molecule has 1 saturated carbocycles. The lowest BCUT2D eigenvalue weighted by molar-refractivity contribution is 0.112. The van der Waals surface area contributed by atoms with Crippen LogP contribution in [0.3, 0.4) is 0 Å². The number of rotatable bonds is 2. The normalized spacial score (nSPS) is 26.4. The lowest BCUT2D eigenvalue weighted by Crippen LogP contribution is -2.42. The van der Waals surface area contributed by atoms with E-state index in [1.807, 2.05) is 6.07 Å². The number of hydrogen-bond donors (Lipinski definition) is 1. The van der Waals surface area contributed by atoms with Crippen LogP contribution in [0.15, 0.2) is 18.2 Å². The number of carbonyl (C=O) groups excluding carboxylic acids is 1. The van der Waals surface area contributed by atoms with Crippen molar-refractivity contribution in [3.8, 4) is 0 Å². The summed E-state index contributed by atoms with van der Waals surface area (Å²) in [5.41, 5.74) is 3.69. The fraction of sp³-hybridized carbons (Fsp3) is 0.533. The maximum atomic E-state index is 10.9. The van der Waals surface area contributed by atoms with E-state index in [-0.39, 0.29) is 5.41 Å². The minimum Gasteiger partial charge on any atom is -0.309 e. The monoisotopic (exact) mass is 229 g/mol. The van der Waals surface area contributed by atoms with Gasteiger partial charge >= 0.3 is 0 Å². The van der Waals surface area contributed by atoms with Gasteiger partial charge in [0, 0.05) is 23.6 Å². The molecule has 1 aliphatic carbocycles. The molecule has 1 aliphatic heterocycles. The summed E-state index contributed by atoms with van der Waals surface area (Å²) in [7, 11) is 0. The van der Waals surface area contributed by atoms with Crippen molar-refractivity contribution in [2.24, 2.45) is 5.92 Å². The fourth-order valence-corrected chi connectivity index (χ4v) is 2.92. The molecule has 1 unspecified atom stereocenters.